The minimum absolute atomic E-state index is 0.0141. The number of benzene rings is 1. The van der Waals surface area contributed by atoms with E-state index in [4.69, 9.17) is 14.4 Å². The second-order valence-corrected chi connectivity index (χ2v) is 4.50. The third-order valence-corrected chi connectivity index (χ3v) is 2.85. The summed E-state index contributed by atoms with van der Waals surface area (Å²) in [7, 11) is 0. The van der Waals surface area contributed by atoms with Gasteiger partial charge in [-0.15, -0.1) is 0 Å². The van der Waals surface area contributed by atoms with E-state index in [9.17, 15) is 0 Å². The fourth-order valence-corrected chi connectivity index (χ4v) is 1.93. The van der Waals surface area contributed by atoms with Crippen molar-refractivity contribution in [3.63, 3.8) is 0 Å². The minimum Gasteiger partial charge on any atom is -0.484 e. The Morgan fingerprint density at radius 3 is 2.82 bits per heavy atom. The van der Waals surface area contributed by atoms with Gasteiger partial charge in [-0.25, -0.2) is 0 Å². The van der Waals surface area contributed by atoms with Crippen molar-refractivity contribution in [1.82, 2.24) is 5.16 Å². The number of halogens is 1. The lowest BCUT2D eigenvalue weighted by Gasteiger charge is -2.07. The van der Waals surface area contributed by atoms with Crippen LogP contribution in [-0.4, -0.2) is 10.3 Å². The van der Waals surface area contributed by atoms with Crippen LogP contribution in [0.1, 0.15) is 17.0 Å². The summed E-state index contributed by atoms with van der Waals surface area (Å²) in [6.07, 6.45) is 0. The molecule has 0 aliphatic heterocycles. The average molecular weight is 298 g/mol. The number of aliphatic hydroxyl groups excluding tert-OH is 1. The van der Waals surface area contributed by atoms with Gasteiger partial charge in [0.05, 0.1) is 16.8 Å². The third-order valence-electron chi connectivity index (χ3n) is 2.23. The maximum atomic E-state index is 8.98. The number of rotatable bonds is 4. The summed E-state index contributed by atoms with van der Waals surface area (Å²) < 4.78 is 11.4. The molecule has 0 aliphatic carbocycles. The Kier molecular flexibility index (Phi) is 3.81. The molecule has 90 valence electrons. The molecular formula is C12H12BrNO3. The predicted octanol–water partition coefficient (Wildman–Crippen LogP) is 2.82. The van der Waals surface area contributed by atoms with Gasteiger partial charge in [-0.1, -0.05) is 11.2 Å². The summed E-state index contributed by atoms with van der Waals surface area (Å²) in [5.74, 6) is 1.39. The van der Waals surface area contributed by atoms with Crippen molar-refractivity contribution in [2.45, 2.75) is 20.1 Å². The zero-order valence-electron chi connectivity index (χ0n) is 9.31. The Balaban J connectivity index is 2.04. The molecule has 2 aromatic rings. The van der Waals surface area contributed by atoms with Gasteiger partial charge in [0.15, 0.2) is 5.76 Å². The van der Waals surface area contributed by atoms with Gasteiger partial charge in [0, 0.05) is 6.07 Å². The molecule has 0 bridgehead atoms. The summed E-state index contributed by atoms with van der Waals surface area (Å²) in [5, 5.41) is 12.8. The Morgan fingerprint density at radius 1 is 1.41 bits per heavy atom. The molecule has 1 heterocycles. The van der Waals surface area contributed by atoms with Crippen molar-refractivity contribution in [3.8, 4) is 5.75 Å². The molecule has 0 unspecified atom stereocenters. The zero-order chi connectivity index (χ0) is 12.3. The number of ether oxygens (including phenoxy) is 1. The molecule has 0 amide bonds. The predicted molar refractivity (Wildman–Crippen MR) is 65.6 cm³/mol. The first-order chi connectivity index (χ1) is 8.19. The molecule has 0 saturated carbocycles. The molecule has 0 saturated heterocycles. The molecule has 2 rings (SSSR count). The largest absolute Gasteiger partial charge is 0.484 e. The molecule has 0 spiro atoms. The lowest BCUT2D eigenvalue weighted by Crippen LogP contribution is -1.95. The van der Waals surface area contributed by atoms with Gasteiger partial charge >= 0.3 is 0 Å². The van der Waals surface area contributed by atoms with Crippen molar-refractivity contribution in [2.75, 3.05) is 0 Å². The van der Waals surface area contributed by atoms with Crippen molar-refractivity contribution in [3.05, 3.63) is 45.8 Å². The van der Waals surface area contributed by atoms with Crippen LogP contribution in [0.25, 0.3) is 0 Å². The van der Waals surface area contributed by atoms with E-state index in [0.717, 1.165) is 15.7 Å². The fraction of sp³-hybridized carbons (Fsp3) is 0.250. The van der Waals surface area contributed by atoms with Crippen molar-refractivity contribution in [2.24, 2.45) is 0 Å². The van der Waals surface area contributed by atoms with E-state index < -0.39 is 0 Å². The van der Waals surface area contributed by atoms with Gasteiger partial charge in [-0.3, -0.25) is 0 Å². The molecule has 4 nitrogen and oxygen atoms in total. The van der Waals surface area contributed by atoms with E-state index in [2.05, 4.69) is 21.1 Å². The van der Waals surface area contributed by atoms with Gasteiger partial charge in [0.1, 0.15) is 12.4 Å². The topological polar surface area (TPSA) is 55.5 Å². The quantitative estimate of drug-likeness (QED) is 0.943. The first-order valence-electron chi connectivity index (χ1n) is 5.13. The molecule has 1 N–H and O–H groups in total. The number of hydrogen-bond donors (Lipinski definition) is 1. The third kappa shape index (κ3) is 3.08. The molecule has 0 atom stereocenters. The summed E-state index contributed by atoms with van der Waals surface area (Å²) in [6, 6.07) is 7.27. The molecule has 0 radical (unpaired) electrons. The first kappa shape index (κ1) is 12.1. The van der Waals surface area contributed by atoms with Crippen LogP contribution in [0.15, 0.2) is 33.3 Å². The monoisotopic (exact) mass is 297 g/mol. The second-order valence-electron chi connectivity index (χ2n) is 3.65. The Labute approximate surface area is 107 Å². The van der Waals surface area contributed by atoms with E-state index in [1.807, 2.05) is 25.1 Å². The smallest absolute Gasteiger partial charge is 0.174 e. The fourth-order valence-electron chi connectivity index (χ4n) is 1.39. The maximum absolute atomic E-state index is 8.98. The van der Waals surface area contributed by atoms with Gasteiger partial charge in [-0.05, 0) is 40.5 Å². The molecule has 0 fully saturated rings. The highest BCUT2D eigenvalue weighted by molar-refractivity contribution is 9.10. The molecule has 17 heavy (non-hydrogen) atoms. The second kappa shape index (κ2) is 5.33. The normalized spacial score (nSPS) is 10.5. The number of nitrogens with zero attached hydrogens (tertiary/aromatic N) is 1. The zero-order valence-corrected chi connectivity index (χ0v) is 10.9. The lowest BCUT2D eigenvalue weighted by atomic mass is 10.2. The molecule has 1 aromatic carbocycles. The highest BCUT2D eigenvalue weighted by Gasteiger charge is 2.05. The summed E-state index contributed by atoms with van der Waals surface area (Å²) in [4.78, 5) is 0. The van der Waals surface area contributed by atoms with Gasteiger partial charge in [0.2, 0.25) is 0 Å². The van der Waals surface area contributed by atoms with E-state index in [1.54, 1.807) is 6.07 Å². The number of hydrogen-bond acceptors (Lipinski definition) is 4. The Hall–Kier alpha value is -1.33. The Morgan fingerprint density at radius 2 is 2.24 bits per heavy atom. The van der Waals surface area contributed by atoms with Crippen LogP contribution >= 0.6 is 15.9 Å². The van der Waals surface area contributed by atoms with Crippen molar-refractivity contribution in [1.29, 1.82) is 0 Å². The van der Waals surface area contributed by atoms with E-state index in [1.165, 1.54) is 0 Å². The number of aromatic nitrogens is 1. The maximum Gasteiger partial charge on any atom is 0.174 e. The highest BCUT2D eigenvalue weighted by Crippen LogP contribution is 2.26. The Bertz CT molecular complexity index is 510. The van der Waals surface area contributed by atoms with Crippen molar-refractivity contribution >= 4 is 15.9 Å². The van der Waals surface area contributed by atoms with Crippen LogP contribution in [0, 0.1) is 6.92 Å². The van der Waals surface area contributed by atoms with Crippen LogP contribution in [0.2, 0.25) is 0 Å². The summed E-state index contributed by atoms with van der Waals surface area (Å²) in [5.41, 5.74) is 1.66. The molecule has 5 heteroatoms. The van der Waals surface area contributed by atoms with Crippen LogP contribution < -0.4 is 4.74 Å². The lowest BCUT2D eigenvalue weighted by molar-refractivity contribution is 0.247. The van der Waals surface area contributed by atoms with Crippen LogP contribution in [-0.2, 0) is 13.2 Å². The van der Waals surface area contributed by atoms with E-state index in [-0.39, 0.29) is 6.61 Å². The number of aliphatic hydroxyl groups is 1. The molecule has 0 aliphatic rings. The SMILES string of the molecule is Cc1cc(COc2ccc(CO)cc2Br)on1. The van der Waals surface area contributed by atoms with Crippen molar-refractivity contribution < 1.29 is 14.4 Å². The number of aryl methyl sites for hydroxylation is 1. The van der Waals surface area contributed by atoms with Gasteiger partial charge in [-0.2, -0.15) is 0 Å². The van der Waals surface area contributed by atoms with Gasteiger partial charge < -0.3 is 14.4 Å². The molecular weight excluding hydrogens is 286 g/mol. The summed E-state index contributed by atoms with van der Waals surface area (Å²) >= 11 is 3.38. The van der Waals surface area contributed by atoms with Crippen LogP contribution in [0.5, 0.6) is 5.75 Å². The van der Waals surface area contributed by atoms with E-state index in [0.29, 0.717) is 18.1 Å². The average Bonchev–Trinajstić information content (AvgIpc) is 2.73. The van der Waals surface area contributed by atoms with Crippen LogP contribution in [0.3, 0.4) is 0 Å². The molecule has 1 aromatic heterocycles. The minimum atomic E-state index is 0.0141. The highest BCUT2D eigenvalue weighted by atomic mass is 79.9. The van der Waals surface area contributed by atoms with E-state index >= 15 is 0 Å². The first-order valence-corrected chi connectivity index (χ1v) is 5.92. The van der Waals surface area contributed by atoms with Gasteiger partial charge in [0.25, 0.3) is 0 Å². The summed E-state index contributed by atoms with van der Waals surface area (Å²) in [6.45, 7) is 2.21. The van der Waals surface area contributed by atoms with Crippen LogP contribution in [0.4, 0.5) is 0 Å². The standard InChI is InChI=1S/C12H12BrNO3/c1-8-4-10(17-14-8)7-16-12-3-2-9(6-15)5-11(12)13/h2-5,15H,6-7H2,1H3.